The lowest BCUT2D eigenvalue weighted by Crippen LogP contribution is -2.04. The number of aromatic nitrogens is 1. The van der Waals surface area contributed by atoms with Gasteiger partial charge in [-0.15, -0.1) is 0 Å². The molecule has 76 valence electrons. The van der Waals surface area contributed by atoms with E-state index >= 15 is 0 Å². The minimum absolute atomic E-state index is 0.125. The molecule has 2 rings (SSSR count). The van der Waals surface area contributed by atoms with Crippen molar-refractivity contribution in [2.24, 2.45) is 0 Å². The zero-order valence-corrected chi connectivity index (χ0v) is 9.32. The summed E-state index contributed by atoms with van der Waals surface area (Å²) in [4.78, 5) is 14.7. The summed E-state index contributed by atoms with van der Waals surface area (Å²) in [7, 11) is 0. The first kappa shape index (κ1) is 10.1. The van der Waals surface area contributed by atoms with Crippen molar-refractivity contribution in [3.05, 3.63) is 45.5 Å². The van der Waals surface area contributed by atoms with Crippen molar-refractivity contribution in [3.8, 4) is 0 Å². The number of H-pyrrole nitrogens is 1. The van der Waals surface area contributed by atoms with E-state index in [2.05, 4.69) is 4.98 Å². The number of aromatic amines is 1. The smallest absolute Gasteiger partial charge is 0.212 e. The molecular weight excluding hydrogens is 228 g/mol. The summed E-state index contributed by atoms with van der Waals surface area (Å²) < 4.78 is 0.520. The van der Waals surface area contributed by atoms with Gasteiger partial charge in [0.1, 0.15) is 10.7 Å². The number of carbonyl (C=O) groups excluding carboxylic acids is 1. The van der Waals surface area contributed by atoms with Crippen molar-refractivity contribution in [1.82, 2.24) is 4.98 Å². The van der Waals surface area contributed by atoms with Gasteiger partial charge in [-0.3, -0.25) is 4.79 Å². The monoisotopic (exact) mass is 236 g/mol. The van der Waals surface area contributed by atoms with Crippen LogP contribution < -0.4 is 5.73 Å². The molecule has 0 aliphatic heterocycles. The van der Waals surface area contributed by atoms with Gasteiger partial charge < -0.3 is 10.7 Å². The third kappa shape index (κ3) is 1.98. The Labute approximate surface area is 95.6 Å². The van der Waals surface area contributed by atoms with E-state index < -0.39 is 0 Å². The van der Waals surface area contributed by atoms with E-state index in [4.69, 9.17) is 18.0 Å². The van der Waals surface area contributed by atoms with Gasteiger partial charge in [-0.05, 0) is 12.2 Å². The van der Waals surface area contributed by atoms with Gasteiger partial charge in [0.25, 0.3) is 0 Å². The molecule has 0 unspecified atom stereocenters. The van der Waals surface area contributed by atoms with Gasteiger partial charge in [-0.2, -0.15) is 0 Å². The Hall–Kier alpha value is -1.46. The maximum Gasteiger partial charge on any atom is 0.212 e. The summed E-state index contributed by atoms with van der Waals surface area (Å²) >= 11 is 6.13. The molecule has 0 spiro atoms. The third-order valence-electron chi connectivity index (χ3n) is 1.94. The SMILES string of the molecule is Nc1sc(=S)[nH]c1C(=O)c1ccccc1. The Morgan fingerprint density at radius 2 is 2.00 bits per heavy atom. The summed E-state index contributed by atoms with van der Waals surface area (Å²) in [6.45, 7) is 0. The molecule has 0 fully saturated rings. The summed E-state index contributed by atoms with van der Waals surface area (Å²) in [6, 6.07) is 8.97. The van der Waals surface area contributed by atoms with Gasteiger partial charge in [0.2, 0.25) is 5.78 Å². The van der Waals surface area contributed by atoms with E-state index in [0.717, 1.165) is 0 Å². The molecule has 3 nitrogen and oxygen atoms in total. The minimum atomic E-state index is -0.125. The largest absolute Gasteiger partial charge is 0.389 e. The number of nitrogens with two attached hydrogens (primary N) is 1. The van der Waals surface area contributed by atoms with E-state index in [1.54, 1.807) is 12.1 Å². The van der Waals surface area contributed by atoms with Crippen molar-refractivity contribution in [2.45, 2.75) is 0 Å². The number of benzene rings is 1. The van der Waals surface area contributed by atoms with Crippen LogP contribution in [0.15, 0.2) is 30.3 Å². The van der Waals surface area contributed by atoms with E-state index in [-0.39, 0.29) is 5.78 Å². The Morgan fingerprint density at radius 3 is 2.53 bits per heavy atom. The van der Waals surface area contributed by atoms with Crippen LogP contribution in [0.5, 0.6) is 0 Å². The highest BCUT2D eigenvalue weighted by Gasteiger charge is 2.14. The van der Waals surface area contributed by atoms with E-state index in [1.165, 1.54) is 11.3 Å². The molecule has 15 heavy (non-hydrogen) atoms. The predicted molar refractivity (Wildman–Crippen MR) is 63.8 cm³/mol. The van der Waals surface area contributed by atoms with Crippen LogP contribution in [0.25, 0.3) is 0 Å². The topological polar surface area (TPSA) is 58.9 Å². The lowest BCUT2D eigenvalue weighted by Gasteiger charge is -1.98. The average Bonchev–Trinajstić information content (AvgIpc) is 2.58. The van der Waals surface area contributed by atoms with Crippen LogP contribution in [0, 0.1) is 3.95 Å². The molecule has 0 saturated carbocycles. The van der Waals surface area contributed by atoms with Crippen LogP contribution in [0.4, 0.5) is 5.00 Å². The van der Waals surface area contributed by atoms with Crippen LogP contribution in [0.1, 0.15) is 16.1 Å². The first-order valence-electron chi connectivity index (χ1n) is 4.27. The Morgan fingerprint density at radius 1 is 1.33 bits per heavy atom. The highest BCUT2D eigenvalue weighted by Crippen LogP contribution is 2.20. The second-order valence-electron chi connectivity index (χ2n) is 2.95. The molecule has 1 aromatic heterocycles. The molecule has 2 aromatic rings. The Kier molecular flexibility index (Phi) is 2.66. The summed E-state index contributed by atoms with van der Waals surface area (Å²) in [6.07, 6.45) is 0. The fraction of sp³-hybridized carbons (Fsp3) is 0. The second-order valence-corrected chi connectivity index (χ2v) is 4.67. The molecule has 1 heterocycles. The fourth-order valence-electron chi connectivity index (χ4n) is 1.24. The highest BCUT2D eigenvalue weighted by atomic mass is 32.1. The van der Waals surface area contributed by atoms with Gasteiger partial charge in [-0.25, -0.2) is 0 Å². The molecule has 0 bridgehead atoms. The van der Waals surface area contributed by atoms with Gasteiger partial charge in [0, 0.05) is 5.56 Å². The van der Waals surface area contributed by atoms with E-state index in [1.807, 2.05) is 18.2 Å². The molecule has 0 saturated heterocycles. The standard InChI is InChI=1S/C10H8N2OS2/c11-9-7(12-10(14)15-9)8(13)6-4-2-1-3-5-6/h1-5H,11H2,(H,12,14). The normalized spacial score (nSPS) is 10.1. The average molecular weight is 236 g/mol. The second kappa shape index (κ2) is 3.96. The zero-order valence-electron chi connectivity index (χ0n) is 7.69. The van der Waals surface area contributed by atoms with Gasteiger partial charge in [0.05, 0.1) is 0 Å². The molecule has 5 heteroatoms. The number of nitrogen functional groups attached to an aromatic ring is 1. The lowest BCUT2D eigenvalue weighted by molar-refractivity contribution is 0.103. The van der Waals surface area contributed by atoms with E-state index in [9.17, 15) is 4.79 Å². The quantitative estimate of drug-likeness (QED) is 0.622. The van der Waals surface area contributed by atoms with Gasteiger partial charge >= 0.3 is 0 Å². The van der Waals surface area contributed by atoms with Crippen LogP contribution in [0.2, 0.25) is 0 Å². The number of anilines is 1. The van der Waals surface area contributed by atoms with Crippen LogP contribution in [-0.4, -0.2) is 10.8 Å². The predicted octanol–water partition coefficient (Wildman–Crippen LogP) is 2.62. The van der Waals surface area contributed by atoms with Crippen molar-refractivity contribution >= 4 is 34.3 Å². The number of ketones is 1. The number of hydrogen-bond acceptors (Lipinski definition) is 4. The number of nitrogens with one attached hydrogen (secondary N) is 1. The van der Waals surface area contributed by atoms with Crippen molar-refractivity contribution in [3.63, 3.8) is 0 Å². The van der Waals surface area contributed by atoms with Crippen LogP contribution in [0.3, 0.4) is 0 Å². The molecule has 3 N–H and O–H groups in total. The van der Waals surface area contributed by atoms with Crippen molar-refractivity contribution < 1.29 is 4.79 Å². The molecule has 0 amide bonds. The van der Waals surface area contributed by atoms with Crippen LogP contribution >= 0.6 is 23.6 Å². The molecule has 1 aromatic carbocycles. The summed E-state index contributed by atoms with van der Waals surface area (Å²) in [5, 5.41) is 0.439. The van der Waals surface area contributed by atoms with Gasteiger partial charge in [0.15, 0.2) is 3.95 Å². The minimum Gasteiger partial charge on any atom is -0.389 e. The summed E-state index contributed by atoms with van der Waals surface area (Å²) in [5.74, 6) is -0.125. The van der Waals surface area contributed by atoms with E-state index in [0.29, 0.717) is 20.2 Å². The third-order valence-corrected chi connectivity index (χ3v) is 3.00. The molecule has 0 atom stereocenters. The summed E-state index contributed by atoms with van der Waals surface area (Å²) in [5.41, 5.74) is 6.67. The lowest BCUT2D eigenvalue weighted by atomic mass is 10.1. The first-order chi connectivity index (χ1) is 7.18. The molecule has 0 radical (unpaired) electrons. The number of carbonyl (C=O) groups is 1. The fourth-order valence-corrected chi connectivity index (χ4v) is 2.21. The molecule has 0 aliphatic carbocycles. The molecule has 0 aliphatic rings. The van der Waals surface area contributed by atoms with Crippen molar-refractivity contribution in [2.75, 3.05) is 5.73 Å². The van der Waals surface area contributed by atoms with Crippen molar-refractivity contribution in [1.29, 1.82) is 0 Å². The Bertz CT molecular complexity index is 542. The zero-order chi connectivity index (χ0) is 10.8. The molecular formula is C10H8N2OS2. The van der Waals surface area contributed by atoms with Crippen LogP contribution in [-0.2, 0) is 0 Å². The maximum absolute atomic E-state index is 11.9. The number of hydrogen-bond donors (Lipinski definition) is 2. The maximum atomic E-state index is 11.9. The number of thiazole rings is 1. The highest BCUT2D eigenvalue weighted by molar-refractivity contribution is 7.73. The Balaban J connectivity index is 2.46. The first-order valence-corrected chi connectivity index (χ1v) is 5.49. The van der Waals surface area contributed by atoms with Gasteiger partial charge in [-0.1, -0.05) is 41.7 Å². The number of rotatable bonds is 2.